The molecule has 0 fully saturated rings. The first kappa shape index (κ1) is 16.1. The van der Waals surface area contributed by atoms with E-state index in [1.807, 2.05) is 30.7 Å². The van der Waals surface area contributed by atoms with Crippen molar-refractivity contribution in [2.75, 3.05) is 0 Å². The van der Waals surface area contributed by atoms with Gasteiger partial charge in [-0.2, -0.15) is 5.10 Å². The standard InChI is InChI=1S/C21H21N5/c1-15(22)9-21-20(11-16-5-3-2-4-6-16)23-14-26(21)13-17-7-8-19-18(10-17)12-24-25-19/h2-8,10,12,14H,1,9,11,13,22H2,(H,24,25). The summed E-state index contributed by atoms with van der Waals surface area (Å²) in [7, 11) is 0. The van der Waals surface area contributed by atoms with Gasteiger partial charge in [0.05, 0.1) is 23.7 Å². The number of H-pyrrole nitrogens is 1. The van der Waals surface area contributed by atoms with E-state index >= 15 is 0 Å². The zero-order valence-electron chi connectivity index (χ0n) is 14.5. The fraction of sp³-hybridized carbons (Fsp3) is 0.143. The fourth-order valence-electron chi connectivity index (χ4n) is 3.23. The first-order valence-corrected chi connectivity index (χ1v) is 8.61. The van der Waals surface area contributed by atoms with Crippen molar-refractivity contribution in [2.45, 2.75) is 19.4 Å². The van der Waals surface area contributed by atoms with Crippen molar-refractivity contribution in [1.82, 2.24) is 19.7 Å². The highest BCUT2D eigenvalue weighted by Gasteiger charge is 2.13. The van der Waals surface area contributed by atoms with Crippen LogP contribution < -0.4 is 5.73 Å². The lowest BCUT2D eigenvalue weighted by atomic mass is 10.1. The number of allylic oxidation sites excluding steroid dienone is 1. The summed E-state index contributed by atoms with van der Waals surface area (Å²) in [5.74, 6) is 0. The maximum atomic E-state index is 5.92. The van der Waals surface area contributed by atoms with Gasteiger partial charge < -0.3 is 10.3 Å². The van der Waals surface area contributed by atoms with Gasteiger partial charge in [0.1, 0.15) is 0 Å². The second-order valence-electron chi connectivity index (χ2n) is 6.55. The van der Waals surface area contributed by atoms with E-state index in [-0.39, 0.29) is 0 Å². The van der Waals surface area contributed by atoms with E-state index in [4.69, 9.17) is 5.73 Å². The number of aromatic amines is 1. The maximum absolute atomic E-state index is 5.92. The average molecular weight is 343 g/mol. The molecule has 5 heteroatoms. The molecule has 2 aromatic carbocycles. The van der Waals surface area contributed by atoms with E-state index in [0.717, 1.165) is 35.3 Å². The third-order valence-electron chi connectivity index (χ3n) is 4.50. The molecule has 0 atom stereocenters. The average Bonchev–Trinajstić information content (AvgIpc) is 3.24. The quantitative estimate of drug-likeness (QED) is 0.563. The molecule has 0 amide bonds. The molecule has 0 aliphatic carbocycles. The summed E-state index contributed by atoms with van der Waals surface area (Å²) in [4.78, 5) is 4.66. The lowest BCUT2D eigenvalue weighted by Gasteiger charge is -2.11. The van der Waals surface area contributed by atoms with Crippen molar-refractivity contribution >= 4 is 10.9 Å². The van der Waals surface area contributed by atoms with Gasteiger partial charge >= 0.3 is 0 Å². The molecule has 2 heterocycles. The molecule has 3 N–H and O–H groups in total. The minimum atomic E-state index is 0.621. The zero-order valence-corrected chi connectivity index (χ0v) is 14.5. The van der Waals surface area contributed by atoms with E-state index in [2.05, 4.69) is 56.7 Å². The first-order valence-electron chi connectivity index (χ1n) is 8.61. The Morgan fingerprint density at radius 1 is 1.12 bits per heavy atom. The van der Waals surface area contributed by atoms with Crippen LogP contribution in [0.4, 0.5) is 0 Å². The number of rotatable bonds is 6. The number of imidazole rings is 1. The predicted octanol–water partition coefficient (Wildman–Crippen LogP) is 3.41. The molecule has 5 nitrogen and oxygen atoms in total. The van der Waals surface area contributed by atoms with Gasteiger partial charge in [0, 0.05) is 36.2 Å². The van der Waals surface area contributed by atoms with Crippen molar-refractivity contribution in [3.05, 3.63) is 95.8 Å². The lowest BCUT2D eigenvalue weighted by molar-refractivity contribution is 0.747. The Hall–Kier alpha value is -3.34. The van der Waals surface area contributed by atoms with E-state index < -0.39 is 0 Å². The molecule has 0 bridgehead atoms. The van der Waals surface area contributed by atoms with Gasteiger partial charge in [-0.05, 0) is 23.3 Å². The van der Waals surface area contributed by atoms with Crippen LogP contribution in [-0.4, -0.2) is 19.7 Å². The van der Waals surface area contributed by atoms with Crippen LogP contribution in [0.5, 0.6) is 0 Å². The Balaban J connectivity index is 1.65. The molecule has 4 aromatic rings. The van der Waals surface area contributed by atoms with E-state index in [1.165, 1.54) is 11.1 Å². The second kappa shape index (κ2) is 6.88. The zero-order chi connectivity index (χ0) is 17.9. The highest BCUT2D eigenvalue weighted by molar-refractivity contribution is 5.78. The molecule has 130 valence electrons. The summed E-state index contributed by atoms with van der Waals surface area (Å²) in [5.41, 5.74) is 12.2. The first-order chi connectivity index (χ1) is 12.7. The third kappa shape index (κ3) is 3.37. The van der Waals surface area contributed by atoms with Crippen molar-refractivity contribution in [3.8, 4) is 0 Å². The van der Waals surface area contributed by atoms with Crippen LogP contribution in [0.25, 0.3) is 10.9 Å². The summed E-state index contributed by atoms with van der Waals surface area (Å²) < 4.78 is 2.16. The Kier molecular flexibility index (Phi) is 4.27. The number of nitrogens with one attached hydrogen (secondary N) is 1. The molecule has 0 aliphatic heterocycles. The molecule has 0 radical (unpaired) electrons. The maximum Gasteiger partial charge on any atom is 0.0955 e. The summed E-state index contributed by atoms with van der Waals surface area (Å²) >= 11 is 0. The summed E-state index contributed by atoms with van der Waals surface area (Å²) in [6, 6.07) is 16.7. The SMILES string of the molecule is C=C(N)Cc1c(Cc2ccccc2)ncn1Cc1ccc2[nH]ncc2c1. The Morgan fingerprint density at radius 2 is 1.96 bits per heavy atom. The van der Waals surface area contributed by atoms with Gasteiger partial charge in [-0.3, -0.25) is 5.10 Å². The van der Waals surface area contributed by atoms with Crippen LogP contribution in [0.3, 0.4) is 0 Å². The Bertz CT molecular complexity index is 1040. The molecule has 0 spiro atoms. The Morgan fingerprint density at radius 3 is 2.77 bits per heavy atom. The number of hydrogen-bond donors (Lipinski definition) is 2. The molecule has 0 saturated carbocycles. The van der Waals surface area contributed by atoms with Gasteiger partial charge in [-0.25, -0.2) is 4.98 Å². The summed E-state index contributed by atoms with van der Waals surface area (Å²) in [5, 5.41) is 8.18. The van der Waals surface area contributed by atoms with E-state index in [0.29, 0.717) is 12.1 Å². The van der Waals surface area contributed by atoms with Gasteiger partial charge in [-0.1, -0.05) is 43.0 Å². The number of hydrogen-bond acceptors (Lipinski definition) is 3. The molecular weight excluding hydrogens is 322 g/mol. The highest BCUT2D eigenvalue weighted by Crippen LogP contribution is 2.19. The van der Waals surface area contributed by atoms with Crippen LogP contribution >= 0.6 is 0 Å². The van der Waals surface area contributed by atoms with Gasteiger partial charge in [-0.15, -0.1) is 0 Å². The van der Waals surface area contributed by atoms with Crippen LogP contribution in [-0.2, 0) is 19.4 Å². The van der Waals surface area contributed by atoms with E-state index in [9.17, 15) is 0 Å². The molecular formula is C21H21N5. The minimum absolute atomic E-state index is 0.621. The topological polar surface area (TPSA) is 72.5 Å². The number of benzene rings is 2. The minimum Gasteiger partial charge on any atom is -0.402 e. The van der Waals surface area contributed by atoms with Crippen LogP contribution in [0.1, 0.15) is 22.5 Å². The number of aromatic nitrogens is 4. The Labute approximate surface area is 152 Å². The number of nitrogens with two attached hydrogens (primary N) is 1. The van der Waals surface area contributed by atoms with Crippen LogP contribution in [0.2, 0.25) is 0 Å². The van der Waals surface area contributed by atoms with Gasteiger partial charge in [0.2, 0.25) is 0 Å². The third-order valence-corrected chi connectivity index (χ3v) is 4.50. The van der Waals surface area contributed by atoms with Gasteiger partial charge in [0.25, 0.3) is 0 Å². The smallest absolute Gasteiger partial charge is 0.0955 e. The monoisotopic (exact) mass is 343 g/mol. The van der Waals surface area contributed by atoms with E-state index in [1.54, 1.807) is 0 Å². The van der Waals surface area contributed by atoms with Gasteiger partial charge in [0.15, 0.2) is 0 Å². The molecule has 0 aliphatic rings. The fourth-order valence-corrected chi connectivity index (χ4v) is 3.23. The van der Waals surface area contributed by atoms with Crippen molar-refractivity contribution in [3.63, 3.8) is 0 Å². The predicted molar refractivity (Wildman–Crippen MR) is 104 cm³/mol. The summed E-state index contributed by atoms with van der Waals surface area (Å²) in [6.45, 7) is 4.63. The summed E-state index contributed by atoms with van der Waals surface area (Å²) in [6.07, 6.45) is 5.15. The van der Waals surface area contributed by atoms with Crippen molar-refractivity contribution in [1.29, 1.82) is 0 Å². The molecule has 0 unspecified atom stereocenters. The van der Waals surface area contributed by atoms with Crippen LogP contribution in [0.15, 0.2) is 73.3 Å². The second-order valence-corrected chi connectivity index (χ2v) is 6.55. The molecule has 4 rings (SSSR count). The molecule has 2 aromatic heterocycles. The molecule has 0 saturated heterocycles. The molecule has 26 heavy (non-hydrogen) atoms. The van der Waals surface area contributed by atoms with Crippen molar-refractivity contribution < 1.29 is 0 Å². The van der Waals surface area contributed by atoms with Crippen molar-refractivity contribution in [2.24, 2.45) is 5.73 Å². The highest BCUT2D eigenvalue weighted by atomic mass is 15.1. The lowest BCUT2D eigenvalue weighted by Crippen LogP contribution is -2.09. The number of nitrogens with zero attached hydrogens (tertiary/aromatic N) is 3. The normalized spacial score (nSPS) is 11.1. The number of fused-ring (bicyclic) bond motifs is 1. The largest absolute Gasteiger partial charge is 0.402 e. The van der Waals surface area contributed by atoms with Crippen LogP contribution in [0, 0.1) is 0 Å².